The maximum absolute atomic E-state index is 11.3. The third-order valence-corrected chi connectivity index (χ3v) is 5.75. The molecule has 3 rings (SSSR count). The van der Waals surface area contributed by atoms with Crippen molar-refractivity contribution in [2.75, 3.05) is 20.3 Å². The molecule has 0 saturated carbocycles. The summed E-state index contributed by atoms with van der Waals surface area (Å²) in [5.41, 5.74) is 5.34. The van der Waals surface area contributed by atoms with E-state index in [0.717, 1.165) is 65.0 Å². The second-order valence-electron chi connectivity index (χ2n) is 8.96. The Morgan fingerprint density at radius 2 is 1.29 bits per heavy atom. The molecule has 4 nitrogen and oxygen atoms in total. The molecule has 194 valence electrons. The van der Waals surface area contributed by atoms with E-state index in [-0.39, 0.29) is 5.97 Å². The van der Waals surface area contributed by atoms with Crippen molar-refractivity contribution in [2.24, 2.45) is 0 Å². The van der Waals surface area contributed by atoms with Crippen LogP contribution in [0.3, 0.4) is 0 Å². The zero-order valence-electron chi connectivity index (χ0n) is 22.4. The molecular formula is C34H34O4. The topological polar surface area (TPSA) is 44.8 Å². The summed E-state index contributed by atoms with van der Waals surface area (Å²) < 4.78 is 16.1. The highest BCUT2D eigenvalue weighted by molar-refractivity contribution is 5.86. The van der Waals surface area contributed by atoms with E-state index in [1.54, 1.807) is 14.0 Å². The minimum absolute atomic E-state index is 0.318. The first-order valence-corrected chi connectivity index (χ1v) is 12.8. The molecule has 0 heterocycles. The summed E-state index contributed by atoms with van der Waals surface area (Å²) >= 11 is 0. The fraction of sp³-hybridized carbons (Fsp3) is 0.265. The number of aryl methyl sites for hydroxylation is 1. The van der Waals surface area contributed by atoms with Crippen LogP contribution in [-0.2, 0) is 9.53 Å². The quantitative estimate of drug-likeness (QED) is 0.130. The summed E-state index contributed by atoms with van der Waals surface area (Å²) in [5.74, 6) is 14.2. The summed E-state index contributed by atoms with van der Waals surface area (Å²) in [6.45, 7) is 8.37. The molecule has 3 aromatic carbocycles. The number of carbonyl (C=O) groups is 1. The first-order valence-electron chi connectivity index (χ1n) is 12.8. The summed E-state index contributed by atoms with van der Waals surface area (Å²) in [6.07, 6.45) is 3.83. The van der Waals surface area contributed by atoms with Crippen LogP contribution in [0, 0.1) is 30.6 Å². The van der Waals surface area contributed by atoms with Crippen molar-refractivity contribution in [2.45, 2.75) is 39.5 Å². The SMILES string of the molecule is C=C(C)C(=O)OCCCCCCOc1ccc(C#Cc2ccc(C#Cc3ccc(OC)cc3)c(C)c2)cc1. The van der Waals surface area contributed by atoms with Gasteiger partial charge in [-0.25, -0.2) is 4.79 Å². The Morgan fingerprint density at radius 1 is 0.737 bits per heavy atom. The minimum atomic E-state index is -0.318. The van der Waals surface area contributed by atoms with Gasteiger partial charge in [-0.15, -0.1) is 0 Å². The molecule has 3 aromatic rings. The molecule has 0 unspecified atom stereocenters. The standard InChI is InChI=1S/C34H34O4/c1-26(2)34(35)38-24-8-6-5-7-23-37-33-21-15-28(16-22-33)9-10-30-12-18-31(27(3)25-30)17-11-29-13-19-32(36-4)20-14-29/h12-16,18-22,25H,1,5-8,23-24H2,2-4H3. The van der Waals surface area contributed by atoms with Crippen LogP contribution < -0.4 is 9.47 Å². The van der Waals surface area contributed by atoms with Crippen molar-refractivity contribution in [1.82, 2.24) is 0 Å². The molecule has 0 aromatic heterocycles. The highest BCUT2D eigenvalue weighted by Gasteiger charge is 2.02. The molecule has 0 N–H and O–H groups in total. The largest absolute Gasteiger partial charge is 0.497 e. The predicted octanol–water partition coefficient (Wildman–Crippen LogP) is 6.86. The van der Waals surface area contributed by atoms with Crippen LogP contribution >= 0.6 is 0 Å². The predicted molar refractivity (Wildman–Crippen MR) is 152 cm³/mol. The summed E-state index contributed by atoms with van der Waals surface area (Å²) in [7, 11) is 1.65. The smallest absolute Gasteiger partial charge is 0.333 e. The van der Waals surface area contributed by atoms with E-state index in [1.165, 1.54) is 0 Å². The lowest BCUT2D eigenvalue weighted by Crippen LogP contribution is -2.06. The average Bonchev–Trinajstić information content (AvgIpc) is 2.93. The molecule has 0 saturated heterocycles. The summed E-state index contributed by atoms with van der Waals surface area (Å²) in [5, 5.41) is 0. The average molecular weight is 507 g/mol. The van der Waals surface area contributed by atoms with Crippen LogP contribution in [0.15, 0.2) is 78.9 Å². The molecule has 0 amide bonds. The van der Waals surface area contributed by atoms with E-state index in [9.17, 15) is 4.79 Å². The number of rotatable bonds is 10. The molecule has 0 aliphatic heterocycles. The molecule has 0 spiro atoms. The van der Waals surface area contributed by atoms with Crippen LogP contribution in [0.2, 0.25) is 0 Å². The van der Waals surface area contributed by atoms with Crippen LogP contribution in [0.5, 0.6) is 11.5 Å². The Kier molecular flexibility index (Phi) is 11.1. The molecule has 0 bridgehead atoms. The molecule has 0 atom stereocenters. The van der Waals surface area contributed by atoms with E-state index < -0.39 is 0 Å². The Labute approximate surface area is 226 Å². The van der Waals surface area contributed by atoms with E-state index in [2.05, 4.69) is 36.3 Å². The van der Waals surface area contributed by atoms with Crippen molar-refractivity contribution in [3.8, 4) is 35.2 Å². The second kappa shape index (κ2) is 15.0. The van der Waals surface area contributed by atoms with Crippen molar-refractivity contribution in [3.63, 3.8) is 0 Å². The zero-order chi connectivity index (χ0) is 27.2. The highest BCUT2D eigenvalue weighted by atomic mass is 16.5. The maximum atomic E-state index is 11.3. The van der Waals surface area contributed by atoms with Gasteiger partial charge in [-0.2, -0.15) is 0 Å². The monoisotopic (exact) mass is 506 g/mol. The highest BCUT2D eigenvalue weighted by Crippen LogP contribution is 2.15. The Morgan fingerprint density at radius 3 is 1.89 bits per heavy atom. The van der Waals surface area contributed by atoms with Crippen LogP contribution in [0.4, 0.5) is 0 Å². The first kappa shape index (κ1) is 28.2. The maximum Gasteiger partial charge on any atom is 0.333 e. The fourth-order valence-corrected chi connectivity index (χ4v) is 3.51. The Hall–Kier alpha value is -4.41. The van der Waals surface area contributed by atoms with E-state index in [4.69, 9.17) is 14.2 Å². The van der Waals surface area contributed by atoms with Gasteiger partial charge < -0.3 is 14.2 Å². The van der Waals surface area contributed by atoms with Crippen LogP contribution in [0.1, 0.15) is 60.4 Å². The minimum Gasteiger partial charge on any atom is -0.497 e. The molecule has 0 aliphatic carbocycles. The van der Waals surface area contributed by atoms with Crippen molar-refractivity contribution < 1.29 is 19.0 Å². The number of hydrogen-bond acceptors (Lipinski definition) is 4. The Balaban J connectivity index is 1.43. The molecule has 0 fully saturated rings. The van der Waals surface area contributed by atoms with Gasteiger partial charge >= 0.3 is 5.97 Å². The van der Waals surface area contributed by atoms with Crippen molar-refractivity contribution in [3.05, 3.63) is 107 Å². The first-order chi connectivity index (χ1) is 18.4. The third-order valence-electron chi connectivity index (χ3n) is 5.75. The third kappa shape index (κ3) is 9.57. The van der Waals surface area contributed by atoms with Gasteiger partial charge in [-0.1, -0.05) is 30.3 Å². The van der Waals surface area contributed by atoms with Gasteiger partial charge in [0.05, 0.1) is 20.3 Å². The van der Waals surface area contributed by atoms with E-state index >= 15 is 0 Å². The number of hydrogen-bond donors (Lipinski definition) is 0. The van der Waals surface area contributed by atoms with Gasteiger partial charge in [-0.05, 0) is 112 Å². The lowest BCUT2D eigenvalue weighted by atomic mass is 10.0. The summed E-state index contributed by atoms with van der Waals surface area (Å²) in [4.78, 5) is 11.3. The number of unbranched alkanes of at least 4 members (excludes halogenated alkanes) is 3. The second-order valence-corrected chi connectivity index (χ2v) is 8.96. The van der Waals surface area contributed by atoms with Crippen LogP contribution in [0.25, 0.3) is 0 Å². The summed E-state index contributed by atoms with van der Waals surface area (Å²) in [6, 6.07) is 21.6. The normalized spacial score (nSPS) is 9.87. The van der Waals surface area contributed by atoms with Crippen molar-refractivity contribution >= 4 is 5.97 Å². The van der Waals surface area contributed by atoms with Gasteiger partial charge in [0.25, 0.3) is 0 Å². The van der Waals surface area contributed by atoms with Gasteiger partial charge in [0.1, 0.15) is 11.5 Å². The van der Waals surface area contributed by atoms with Gasteiger partial charge in [0, 0.05) is 27.8 Å². The lowest BCUT2D eigenvalue weighted by molar-refractivity contribution is -0.139. The van der Waals surface area contributed by atoms with E-state index in [0.29, 0.717) is 18.8 Å². The number of carbonyl (C=O) groups excluding carboxylic acids is 1. The Bertz CT molecular complexity index is 1340. The fourth-order valence-electron chi connectivity index (χ4n) is 3.51. The molecule has 38 heavy (non-hydrogen) atoms. The number of ether oxygens (including phenoxy) is 3. The molecule has 0 radical (unpaired) electrons. The van der Waals surface area contributed by atoms with Gasteiger partial charge in [0.15, 0.2) is 0 Å². The number of benzene rings is 3. The number of esters is 1. The van der Waals surface area contributed by atoms with Gasteiger partial charge in [-0.3, -0.25) is 0 Å². The van der Waals surface area contributed by atoms with Crippen molar-refractivity contribution in [1.29, 1.82) is 0 Å². The van der Waals surface area contributed by atoms with E-state index in [1.807, 2.05) is 67.6 Å². The zero-order valence-corrected chi connectivity index (χ0v) is 22.4. The molecule has 4 heteroatoms. The molecular weight excluding hydrogens is 472 g/mol. The number of methoxy groups -OCH3 is 1. The van der Waals surface area contributed by atoms with Crippen LogP contribution in [-0.4, -0.2) is 26.3 Å². The van der Waals surface area contributed by atoms with Gasteiger partial charge in [0.2, 0.25) is 0 Å². The molecule has 0 aliphatic rings. The lowest BCUT2D eigenvalue weighted by Gasteiger charge is -2.07.